The van der Waals surface area contributed by atoms with Gasteiger partial charge < -0.3 is 34.5 Å². The van der Waals surface area contributed by atoms with Gasteiger partial charge in [-0.15, -0.1) is 0 Å². The van der Waals surface area contributed by atoms with Crippen LogP contribution in [0.15, 0.2) is 12.1 Å². The fourth-order valence-corrected chi connectivity index (χ4v) is 5.74. The van der Waals surface area contributed by atoms with Gasteiger partial charge in [-0.3, -0.25) is 0 Å². The van der Waals surface area contributed by atoms with Gasteiger partial charge in [-0.2, -0.15) is 0 Å². The van der Waals surface area contributed by atoms with Gasteiger partial charge in [0.2, 0.25) is 5.75 Å². The molecule has 0 unspecified atom stereocenters. The van der Waals surface area contributed by atoms with Crippen LogP contribution in [0.3, 0.4) is 0 Å². The molecule has 2 aliphatic rings. The standard InChI is InChI=1S/C25H41N3O4S/c1-24(2)13-18(14-25(3,4)27-24)26-23(33)28(16-19-9-8-12-32-19)15-17-10-11-20(29-5)22(31-7)21(17)30-6/h10-11,18-19,27H,8-9,12-16H2,1-7H3,(H,26,33)/t19-/m1/s1. The molecule has 186 valence electrons. The monoisotopic (exact) mass is 479 g/mol. The average Bonchev–Trinajstić information content (AvgIpc) is 3.23. The zero-order chi connectivity index (χ0) is 24.2. The van der Waals surface area contributed by atoms with Crippen LogP contribution in [0.1, 0.15) is 58.9 Å². The SMILES string of the molecule is COc1ccc(CN(C[C@H]2CCCO2)C(=S)NC2CC(C)(C)NC(C)(C)C2)c(OC)c1OC. The molecule has 7 nitrogen and oxygen atoms in total. The lowest BCUT2D eigenvalue weighted by atomic mass is 9.80. The normalized spacial score (nSPS) is 22.0. The molecule has 0 saturated carbocycles. The largest absolute Gasteiger partial charge is 0.493 e. The molecule has 2 N–H and O–H groups in total. The number of ether oxygens (including phenoxy) is 4. The first-order chi connectivity index (χ1) is 15.6. The summed E-state index contributed by atoms with van der Waals surface area (Å²) >= 11 is 5.97. The van der Waals surface area contributed by atoms with Crippen LogP contribution in [0, 0.1) is 0 Å². The van der Waals surface area contributed by atoms with Gasteiger partial charge >= 0.3 is 0 Å². The molecule has 1 aromatic carbocycles. The van der Waals surface area contributed by atoms with Crippen LogP contribution in [0.25, 0.3) is 0 Å². The Morgan fingerprint density at radius 1 is 1.09 bits per heavy atom. The summed E-state index contributed by atoms with van der Waals surface area (Å²) in [6.45, 7) is 11.2. The van der Waals surface area contributed by atoms with E-state index >= 15 is 0 Å². The van der Waals surface area contributed by atoms with Crippen LogP contribution in [-0.4, -0.2) is 67.7 Å². The number of rotatable bonds is 8. The highest BCUT2D eigenvalue weighted by Gasteiger charge is 2.38. The molecule has 2 heterocycles. The summed E-state index contributed by atoms with van der Waals surface area (Å²) in [4.78, 5) is 2.21. The van der Waals surface area contributed by atoms with Gasteiger partial charge in [0, 0.05) is 42.4 Å². The van der Waals surface area contributed by atoms with Crippen LogP contribution < -0.4 is 24.8 Å². The van der Waals surface area contributed by atoms with Crippen molar-refractivity contribution in [1.29, 1.82) is 0 Å². The van der Waals surface area contributed by atoms with Gasteiger partial charge in [-0.05, 0) is 77.7 Å². The van der Waals surface area contributed by atoms with Crippen LogP contribution in [0.5, 0.6) is 17.2 Å². The summed E-state index contributed by atoms with van der Waals surface area (Å²) < 4.78 is 22.7. The highest BCUT2D eigenvalue weighted by atomic mass is 32.1. The van der Waals surface area contributed by atoms with Crippen molar-refractivity contribution in [2.24, 2.45) is 0 Å². The summed E-state index contributed by atoms with van der Waals surface area (Å²) in [7, 11) is 4.91. The second kappa shape index (κ2) is 10.7. The van der Waals surface area contributed by atoms with Gasteiger partial charge in [0.05, 0.1) is 27.4 Å². The number of piperidine rings is 1. The van der Waals surface area contributed by atoms with E-state index in [4.69, 9.17) is 31.2 Å². The molecule has 3 rings (SSSR count). The van der Waals surface area contributed by atoms with Crippen LogP contribution >= 0.6 is 12.2 Å². The van der Waals surface area contributed by atoms with Gasteiger partial charge in [0.1, 0.15) is 0 Å². The minimum absolute atomic E-state index is 0.0427. The molecule has 8 heteroatoms. The second-order valence-electron chi connectivity index (χ2n) is 10.5. The molecular weight excluding hydrogens is 438 g/mol. The quantitative estimate of drug-likeness (QED) is 0.545. The van der Waals surface area contributed by atoms with Crippen molar-refractivity contribution < 1.29 is 18.9 Å². The van der Waals surface area contributed by atoms with E-state index in [0.717, 1.165) is 49.5 Å². The van der Waals surface area contributed by atoms with Crippen molar-refractivity contribution in [2.45, 2.75) is 83.1 Å². The lowest BCUT2D eigenvalue weighted by Crippen LogP contribution is -2.63. The van der Waals surface area contributed by atoms with E-state index in [2.05, 4.69) is 43.2 Å². The first kappa shape index (κ1) is 25.8. The third-order valence-electron chi connectivity index (χ3n) is 6.40. The maximum absolute atomic E-state index is 5.97. The minimum atomic E-state index is 0.0427. The molecule has 0 bridgehead atoms. The molecule has 0 radical (unpaired) electrons. The Kier molecular flexibility index (Phi) is 8.35. The van der Waals surface area contributed by atoms with Gasteiger partial charge in [-0.25, -0.2) is 0 Å². The number of benzene rings is 1. The summed E-state index contributed by atoms with van der Waals surface area (Å²) in [5, 5.41) is 8.17. The Morgan fingerprint density at radius 3 is 2.30 bits per heavy atom. The molecule has 0 aromatic heterocycles. The van der Waals surface area contributed by atoms with Crippen molar-refractivity contribution in [1.82, 2.24) is 15.5 Å². The van der Waals surface area contributed by atoms with Crippen LogP contribution in [0.2, 0.25) is 0 Å². The molecule has 2 saturated heterocycles. The van der Waals surface area contributed by atoms with E-state index in [1.165, 1.54) is 0 Å². The molecular formula is C25H41N3O4S. The Bertz CT molecular complexity index is 808. The van der Waals surface area contributed by atoms with Crippen molar-refractivity contribution >= 4 is 17.3 Å². The highest BCUT2D eigenvalue weighted by Crippen LogP contribution is 2.40. The van der Waals surface area contributed by atoms with Crippen molar-refractivity contribution in [3.63, 3.8) is 0 Å². The highest BCUT2D eigenvalue weighted by molar-refractivity contribution is 7.80. The zero-order valence-electron chi connectivity index (χ0n) is 21.2. The van der Waals surface area contributed by atoms with E-state index in [1.54, 1.807) is 21.3 Å². The average molecular weight is 480 g/mol. The second-order valence-corrected chi connectivity index (χ2v) is 10.8. The topological polar surface area (TPSA) is 64.2 Å². The van der Waals surface area contributed by atoms with Gasteiger partial charge in [0.15, 0.2) is 16.6 Å². The third-order valence-corrected chi connectivity index (χ3v) is 6.78. The lowest BCUT2D eigenvalue weighted by Gasteiger charge is -2.47. The Labute approximate surface area is 204 Å². The number of hydrogen-bond acceptors (Lipinski definition) is 6. The predicted octanol–water partition coefficient (Wildman–Crippen LogP) is 3.88. The van der Waals surface area contributed by atoms with E-state index in [9.17, 15) is 0 Å². The molecule has 33 heavy (non-hydrogen) atoms. The molecule has 1 aromatic rings. The Hall–Kier alpha value is -1.77. The zero-order valence-corrected chi connectivity index (χ0v) is 22.1. The van der Waals surface area contributed by atoms with Gasteiger partial charge in [-0.1, -0.05) is 0 Å². The molecule has 0 aliphatic carbocycles. The van der Waals surface area contributed by atoms with Crippen LogP contribution in [0.4, 0.5) is 0 Å². The van der Waals surface area contributed by atoms with Crippen molar-refractivity contribution in [3.8, 4) is 17.2 Å². The van der Waals surface area contributed by atoms with Crippen molar-refractivity contribution in [3.05, 3.63) is 17.7 Å². The Balaban J connectivity index is 1.82. The predicted molar refractivity (Wildman–Crippen MR) is 136 cm³/mol. The lowest BCUT2D eigenvalue weighted by molar-refractivity contribution is 0.0885. The summed E-state index contributed by atoms with van der Waals surface area (Å²) in [6.07, 6.45) is 4.33. The number of hydrogen-bond donors (Lipinski definition) is 2. The molecule has 0 spiro atoms. The fourth-order valence-electron chi connectivity index (χ4n) is 5.44. The maximum Gasteiger partial charge on any atom is 0.203 e. The summed E-state index contributed by atoms with van der Waals surface area (Å²) in [5.41, 5.74) is 1.07. The maximum atomic E-state index is 5.97. The van der Waals surface area contributed by atoms with Crippen LogP contribution in [-0.2, 0) is 11.3 Å². The number of methoxy groups -OCH3 is 3. The fraction of sp³-hybridized carbons (Fsp3) is 0.720. The third kappa shape index (κ3) is 6.64. The number of nitrogens with zero attached hydrogens (tertiary/aromatic N) is 1. The van der Waals surface area contributed by atoms with E-state index in [-0.39, 0.29) is 17.2 Å². The van der Waals surface area contributed by atoms with E-state index < -0.39 is 0 Å². The molecule has 2 aliphatic heterocycles. The van der Waals surface area contributed by atoms with Crippen molar-refractivity contribution in [2.75, 3.05) is 34.5 Å². The first-order valence-electron chi connectivity index (χ1n) is 11.8. The number of nitrogens with one attached hydrogen (secondary N) is 2. The smallest absolute Gasteiger partial charge is 0.203 e. The van der Waals surface area contributed by atoms with Gasteiger partial charge in [0.25, 0.3) is 0 Å². The molecule has 1 atom stereocenters. The Morgan fingerprint density at radius 2 is 1.76 bits per heavy atom. The molecule has 2 fully saturated rings. The summed E-state index contributed by atoms with van der Waals surface area (Å²) in [6, 6.07) is 4.22. The minimum Gasteiger partial charge on any atom is -0.493 e. The summed E-state index contributed by atoms with van der Waals surface area (Å²) in [5.74, 6) is 1.90. The first-order valence-corrected chi connectivity index (χ1v) is 12.2. The number of thiocarbonyl (C=S) groups is 1. The van der Waals surface area contributed by atoms with E-state index in [1.807, 2.05) is 12.1 Å². The molecule has 0 amide bonds. The van der Waals surface area contributed by atoms with E-state index in [0.29, 0.717) is 29.8 Å².